The highest BCUT2D eigenvalue weighted by Crippen LogP contribution is 2.27. The molecule has 0 bridgehead atoms. The number of benzene rings is 1. The molecule has 2 fully saturated rings. The second-order valence-electron chi connectivity index (χ2n) is 8.68. The van der Waals surface area contributed by atoms with Gasteiger partial charge in [-0.15, -0.1) is 0 Å². The Kier molecular flexibility index (Phi) is 9.63. The second kappa shape index (κ2) is 12.3. The minimum Gasteiger partial charge on any atom is -0.475 e. The van der Waals surface area contributed by atoms with Crippen LogP contribution in [0.25, 0.3) is 0 Å². The molecule has 2 aromatic rings. The zero-order chi connectivity index (χ0) is 25.6. The zero-order valence-corrected chi connectivity index (χ0v) is 20.7. The zero-order valence-electron chi connectivity index (χ0n) is 19.2. The Balaban J connectivity index is 0.000000429. The lowest BCUT2D eigenvalue weighted by atomic mass is 9.96. The van der Waals surface area contributed by atoms with Gasteiger partial charge in [-0.05, 0) is 56.0 Å². The lowest BCUT2D eigenvalue weighted by Gasteiger charge is -2.46. The number of hydrogen-bond donors (Lipinski definition) is 1. The van der Waals surface area contributed by atoms with Gasteiger partial charge in [0.1, 0.15) is 5.82 Å². The highest BCUT2D eigenvalue weighted by atomic mass is 35.5. The number of pyridine rings is 1. The number of hydrogen-bond acceptors (Lipinski definition) is 5. The molecular formula is C24H28Cl2F3N3O3. The molecule has 0 saturated carbocycles. The molecule has 0 amide bonds. The SMILES string of the molecule is C[C@H]1CN(C2CCN(c3ccc(Cl)cn3)CC2)[C@@H](Cc2ccc(Cl)cc2)CO1.O=C(O)C(F)(F)F. The fourth-order valence-electron chi connectivity index (χ4n) is 4.37. The first-order valence-electron chi connectivity index (χ1n) is 11.3. The van der Waals surface area contributed by atoms with E-state index in [9.17, 15) is 13.2 Å². The molecule has 2 aliphatic heterocycles. The van der Waals surface area contributed by atoms with Crippen LogP contribution in [0.4, 0.5) is 19.0 Å². The molecule has 0 radical (unpaired) electrons. The van der Waals surface area contributed by atoms with Crippen molar-refractivity contribution in [2.45, 2.75) is 50.6 Å². The molecule has 0 unspecified atom stereocenters. The number of carboxylic acids is 1. The van der Waals surface area contributed by atoms with Gasteiger partial charge in [0.05, 0.1) is 17.7 Å². The lowest BCUT2D eigenvalue weighted by molar-refractivity contribution is -0.192. The van der Waals surface area contributed by atoms with Crippen LogP contribution in [0.3, 0.4) is 0 Å². The molecule has 11 heteroatoms. The van der Waals surface area contributed by atoms with Crippen LogP contribution in [0.15, 0.2) is 42.6 Å². The number of aliphatic carboxylic acids is 1. The summed E-state index contributed by atoms with van der Waals surface area (Å²) in [5.74, 6) is -1.73. The molecule has 35 heavy (non-hydrogen) atoms. The van der Waals surface area contributed by atoms with Crippen LogP contribution < -0.4 is 4.90 Å². The predicted octanol–water partition coefficient (Wildman–Crippen LogP) is 5.32. The van der Waals surface area contributed by atoms with E-state index in [0.29, 0.717) is 17.1 Å². The van der Waals surface area contributed by atoms with E-state index in [1.54, 1.807) is 6.20 Å². The Morgan fingerprint density at radius 1 is 1.11 bits per heavy atom. The second-order valence-corrected chi connectivity index (χ2v) is 9.55. The maximum absolute atomic E-state index is 10.6. The molecule has 0 aliphatic carbocycles. The van der Waals surface area contributed by atoms with E-state index in [2.05, 4.69) is 33.8 Å². The first-order valence-corrected chi connectivity index (χ1v) is 12.1. The molecule has 0 spiro atoms. The van der Waals surface area contributed by atoms with Crippen molar-refractivity contribution in [3.05, 3.63) is 58.2 Å². The number of piperidine rings is 1. The summed E-state index contributed by atoms with van der Waals surface area (Å²) in [5, 5.41) is 8.60. The van der Waals surface area contributed by atoms with Crippen LogP contribution >= 0.6 is 23.2 Å². The summed E-state index contributed by atoms with van der Waals surface area (Å²) in [4.78, 5) is 18.4. The molecule has 1 aromatic heterocycles. The minimum atomic E-state index is -5.08. The summed E-state index contributed by atoms with van der Waals surface area (Å²) in [7, 11) is 0. The van der Waals surface area contributed by atoms with Crippen LogP contribution in [0.5, 0.6) is 0 Å². The van der Waals surface area contributed by atoms with E-state index < -0.39 is 12.1 Å². The summed E-state index contributed by atoms with van der Waals surface area (Å²) in [5.41, 5.74) is 1.32. The number of nitrogens with zero attached hydrogens (tertiary/aromatic N) is 3. The summed E-state index contributed by atoms with van der Waals surface area (Å²) in [6, 6.07) is 13.2. The number of rotatable bonds is 4. The van der Waals surface area contributed by atoms with Crippen molar-refractivity contribution in [3.63, 3.8) is 0 Å². The van der Waals surface area contributed by atoms with Crippen LogP contribution in [0.2, 0.25) is 10.0 Å². The van der Waals surface area contributed by atoms with E-state index in [1.165, 1.54) is 5.56 Å². The minimum absolute atomic E-state index is 0.289. The fourth-order valence-corrected chi connectivity index (χ4v) is 4.61. The van der Waals surface area contributed by atoms with E-state index in [-0.39, 0.29) is 6.10 Å². The molecular weight excluding hydrogens is 506 g/mol. The number of carboxylic acid groups (broad SMARTS) is 1. The molecule has 1 aromatic carbocycles. The van der Waals surface area contributed by atoms with Crippen molar-refractivity contribution in [3.8, 4) is 0 Å². The van der Waals surface area contributed by atoms with E-state index >= 15 is 0 Å². The van der Waals surface area contributed by atoms with Crippen LogP contribution in [0.1, 0.15) is 25.3 Å². The fraction of sp³-hybridized carbons (Fsp3) is 0.500. The summed E-state index contributed by atoms with van der Waals surface area (Å²) in [6.45, 7) is 6.03. The Labute approximate surface area is 212 Å². The molecule has 2 aliphatic rings. The number of alkyl halides is 3. The lowest BCUT2D eigenvalue weighted by Crippen LogP contribution is -2.56. The first kappa shape index (κ1) is 27.5. The van der Waals surface area contributed by atoms with Crippen LogP contribution in [-0.2, 0) is 16.0 Å². The molecule has 1 N–H and O–H groups in total. The predicted molar refractivity (Wildman–Crippen MR) is 129 cm³/mol. The Bertz CT molecular complexity index is 953. The summed E-state index contributed by atoms with van der Waals surface area (Å²) in [6.07, 6.45) is 0.234. The van der Waals surface area contributed by atoms with Crippen molar-refractivity contribution in [2.24, 2.45) is 0 Å². The van der Waals surface area contributed by atoms with Gasteiger partial charge in [0.2, 0.25) is 0 Å². The molecule has 192 valence electrons. The first-order chi connectivity index (χ1) is 16.5. The highest BCUT2D eigenvalue weighted by molar-refractivity contribution is 6.30. The number of carbonyl (C=O) groups is 1. The molecule has 2 saturated heterocycles. The average Bonchev–Trinajstić information content (AvgIpc) is 2.82. The standard InChI is InChI=1S/C22H27Cl2N3O.C2HF3O2/c1-16-14-27(21(15-28-16)12-17-2-4-18(23)5-3-17)20-8-10-26(11-9-20)22-7-6-19(24)13-25-22;3-2(4,5)1(6)7/h2-7,13,16,20-21H,8-12,14-15H2,1H3;(H,6,7)/t16-,21-;/m0./s1. The van der Waals surface area contributed by atoms with Crippen LogP contribution in [-0.4, -0.2) is 71.6 Å². The maximum Gasteiger partial charge on any atom is 0.490 e. The van der Waals surface area contributed by atoms with Gasteiger partial charge in [0.25, 0.3) is 0 Å². The van der Waals surface area contributed by atoms with Crippen molar-refractivity contribution in [2.75, 3.05) is 31.1 Å². The van der Waals surface area contributed by atoms with Crippen molar-refractivity contribution in [1.82, 2.24) is 9.88 Å². The number of ether oxygens (including phenoxy) is 1. The number of halogens is 5. The topological polar surface area (TPSA) is 65.9 Å². The third kappa shape index (κ3) is 8.24. The molecule has 2 atom stereocenters. The Morgan fingerprint density at radius 2 is 1.71 bits per heavy atom. The Morgan fingerprint density at radius 3 is 2.26 bits per heavy atom. The average molecular weight is 534 g/mol. The third-order valence-electron chi connectivity index (χ3n) is 6.11. The van der Waals surface area contributed by atoms with Gasteiger partial charge in [-0.25, -0.2) is 9.78 Å². The van der Waals surface area contributed by atoms with E-state index in [0.717, 1.165) is 56.3 Å². The van der Waals surface area contributed by atoms with Crippen molar-refractivity contribution < 1.29 is 27.8 Å². The largest absolute Gasteiger partial charge is 0.490 e. The van der Waals surface area contributed by atoms with Gasteiger partial charge in [-0.3, -0.25) is 4.90 Å². The van der Waals surface area contributed by atoms with Crippen LogP contribution in [0, 0.1) is 0 Å². The monoisotopic (exact) mass is 533 g/mol. The summed E-state index contributed by atoms with van der Waals surface area (Å²) >= 11 is 12.0. The molecule has 6 nitrogen and oxygen atoms in total. The smallest absolute Gasteiger partial charge is 0.475 e. The number of anilines is 1. The van der Waals surface area contributed by atoms with E-state index in [1.807, 2.05) is 24.3 Å². The van der Waals surface area contributed by atoms with Gasteiger partial charge in [0, 0.05) is 42.9 Å². The van der Waals surface area contributed by atoms with Gasteiger partial charge in [-0.2, -0.15) is 13.2 Å². The Hall–Kier alpha value is -2.07. The third-order valence-corrected chi connectivity index (χ3v) is 6.58. The highest BCUT2D eigenvalue weighted by Gasteiger charge is 2.38. The maximum atomic E-state index is 10.6. The molecule has 4 rings (SSSR count). The van der Waals surface area contributed by atoms with Gasteiger partial charge in [0.15, 0.2) is 0 Å². The molecule has 3 heterocycles. The number of morpholine rings is 1. The van der Waals surface area contributed by atoms with Crippen molar-refractivity contribution in [1.29, 1.82) is 0 Å². The quantitative estimate of drug-likeness (QED) is 0.573. The van der Waals surface area contributed by atoms with Gasteiger partial charge < -0.3 is 14.7 Å². The normalized spacial score (nSPS) is 21.8. The van der Waals surface area contributed by atoms with Crippen molar-refractivity contribution >= 4 is 35.0 Å². The van der Waals surface area contributed by atoms with Gasteiger partial charge >= 0.3 is 12.1 Å². The van der Waals surface area contributed by atoms with Gasteiger partial charge in [-0.1, -0.05) is 35.3 Å². The van der Waals surface area contributed by atoms with E-state index in [4.69, 9.17) is 37.8 Å². The number of aromatic nitrogens is 1. The summed E-state index contributed by atoms with van der Waals surface area (Å²) < 4.78 is 37.7.